The molecule has 0 aromatic heterocycles. The lowest BCUT2D eigenvalue weighted by molar-refractivity contribution is -0.132. The Balaban J connectivity index is 2.03. The summed E-state index contributed by atoms with van der Waals surface area (Å²) < 4.78 is 47.2. The third-order valence-corrected chi connectivity index (χ3v) is 3.12. The lowest BCUT2D eigenvalue weighted by Gasteiger charge is -2.10. The second kappa shape index (κ2) is 7.72. The van der Waals surface area contributed by atoms with Crippen molar-refractivity contribution in [3.05, 3.63) is 54.1 Å². The maximum atomic E-state index is 12.1. The van der Waals surface area contributed by atoms with Crippen LogP contribution in [0.5, 0.6) is 17.2 Å². The summed E-state index contributed by atoms with van der Waals surface area (Å²) in [6.07, 6.45) is -5.24. The molecule has 0 atom stereocenters. The molecule has 0 aliphatic heterocycles. The van der Waals surface area contributed by atoms with Gasteiger partial charge < -0.3 is 15.2 Å². The van der Waals surface area contributed by atoms with Gasteiger partial charge in [-0.05, 0) is 36.4 Å². The monoisotopic (exact) mass is 338 g/mol. The minimum atomic E-state index is -4.24. The molecule has 4 nitrogen and oxygen atoms in total. The molecular formula is C17H17F3N2O2. The van der Waals surface area contributed by atoms with Crippen LogP contribution in [0, 0.1) is 0 Å². The van der Waals surface area contributed by atoms with Crippen LogP contribution in [0.3, 0.4) is 0 Å². The van der Waals surface area contributed by atoms with E-state index in [1.54, 1.807) is 43.5 Å². The zero-order chi connectivity index (χ0) is 17.6. The highest BCUT2D eigenvalue weighted by Gasteiger charge is 2.26. The number of nitrogens with zero attached hydrogens (tertiary/aromatic N) is 1. The second-order valence-electron chi connectivity index (χ2n) is 4.91. The molecule has 2 aromatic carbocycles. The molecule has 2 N–H and O–H groups in total. The van der Waals surface area contributed by atoms with Gasteiger partial charge in [-0.15, -0.1) is 0 Å². The van der Waals surface area contributed by atoms with Crippen LogP contribution in [0.2, 0.25) is 0 Å². The lowest BCUT2D eigenvalue weighted by atomic mass is 10.2. The van der Waals surface area contributed by atoms with Gasteiger partial charge in [0.2, 0.25) is 0 Å². The molecule has 0 heterocycles. The Bertz CT molecular complexity index is 698. The summed E-state index contributed by atoms with van der Waals surface area (Å²) in [5, 5.41) is 0. The Morgan fingerprint density at radius 2 is 1.67 bits per heavy atom. The van der Waals surface area contributed by atoms with Crippen molar-refractivity contribution < 1.29 is 22.6 Å². The van der Waals surface area contributed by atoms with Gasteiger partial charge in [0.05, 0.1) is 13.5 Å². The van der Waals surface area contributed by atoms with Crippen LogP contribution >= 0.6 is 0 Å². The molecule has 7 heteroatoms. The molecule has 0 radical (unpaired) electrons. The van der Waals surface area contributed by atoms with E-state index in [1.807, 2.05) is 12.1 Å². The van der Waals surface area contributed by atoms with Crippen LogP contribution in [-0.2, 0) is 0 Å². The Hall–Kier alpha value is -2.70. The number of alkyl halides is 3. The summed E-state index contributed by atoms with van der Waals surface area (Å²) in [5.41, 5.74) is 6.23. The maximum Gasteiger partial charge on any atom is 0.390 e. The zero-order valence-corrected chi connectivity index (χ0v) is 13.0. The van der Waals surface area contributed by atoms with Gasteiger partial charge >= 0.3 is 6.18 Å². The molecule has 2 rings (SSSR count). The summed E-state index contributed by atoms with van der Waals surface area (Å²) in [5.74, 6) is 1.75. The Morgan fingerprint density at radius 1 is 1.04 bits per heavy atom. The average Bonchev–Trinajstić information content (AvgIpc) is 2.55. The van der Waals surface area contributed by atoms with E-state index < -0.39 is 19.1 Å². The second-order valence-corrected chi connectivity index (χ2v) is 4.91. The van der Waals surface area contributed by atoms with E-state index in [0.29, 0.717) is 22.8 Å². The number of ether oxygens (including phenoxy) is 2. The number of hydrogen-bond donors (Lipinski definition) is 1. The molecule has 0 fully saturated rings. The largest absolute Gasteiger partial charge is 0.493 e. The fourth-order valence-corrected chi connectivity index (χ4v) is 1.92. The Labute approximate surface area is 137 Å². The molecule has 0 spiro atoms. The maximum absolute atomic E-state index is 12.1. The van der Waals surface area contributed by atoms with Crippen molar-refractivity contribution in [1.82, 2.24) is 0 Å². The topological polar surface area (TPSA) is 56.8 Å². The smallest absolute Gasteiger partial charge is 0.390 e. The predicted octanol–water partition coefficient (Wildman–Crippen LogP) is 4.15. The standard InChI is InChI=1S/C17H17F3N2O2/c1-23-14-4-2-3-5-15(14)24-13-8-6-12(7-9-13)16(21)22-11-10-17(18,19)20/h2-9H,10-11H2,1H3,(H2,21,22). The molecule has 24 heavy (non-hydrogen) atoms. The molecule has 128 valence electrons. The fraction of sp³-hybridized carbons (Fsp3) is 0.235. The van der Waals surface area contributed by atoms with Gasteiger partial charge in [-0.25, -0.2) is 0 Å². The first-order valence-electron chi connectivity index (χ1n) is 7.17. The highest BCUT2D eigenvalue weighted by Crippen LogP contribution is 2.30. The minimum absolute atomic E-state index is 0.0584. The highest BCUT2D eigenvalue weighted by molar-refractivity contribution is 5.97. The molecule has 0 amide bonds. The molecule has 0 unspecified atom stereocenters. The first-order chi connectivity index (χ1) is 11.4. The number of benzene rings is 2. The van der Waals surface area contributed by atoms with E-state index >= 15 is 0 Å². The first kappa shape index (κ1) is 17.7. The molecule has 0 aliphatic carbocycles. The van der Waals surface area contributed by atoms with Gasteiger partial charge in [-0.2, -0.15) is 13.2 Å². The van der Waals surface area contributed by atoms with Crippen molar-refractivity contribution in [2.45, 2.75) is 12.6 Å². The third-order valence-electron chi connectivity index (χ3n) is 3.12. The SMILES string of the molecule is COc1ccccc1Oc1ccc(C(N)=NCCC(F)(F)F)cc1. The van der Waals surface area contributed by atoms with Crippen molar-refractivity contribution in [2.75, 3.05) is 13.7 Å². The van der Waals surface area contributed by atoms with E-state index in [2.05, 4.69) is 4.99 Å². The van der Waals surface area contributed by atoms with E-state index in [9.17, 15) is 13.2 Å². The van der Waals surface area contributed by atoms with E-state index in [-0.39, 0.29) is 5.84 Å². The number of rotatable bonds is 6. The predicted molar refractivity (Wildman–Crippen MR) is 85.8 cm³/mol. The molecule has 0 aliphatic rings. The first-order valence-corrected chi connectivity index (χ1v) is 7.17. The average molecular weight is 338 g/mol. The van der Waals surface area contributed by atoms with Crippen LogP contribution in [-0.4, -0.2) is 25.7 Å². The number of halogens is 3. The molecule has 0 saturated heterocycles. The van der Waals surface area contributed by atoms with Crippen molar-refractivity contribution in [2.24, 2.45) is 10.7 Å². The molecule has 0 saturated carbocycles. The summed E-state index contributed by atoms with van der Waals surface area (Å²) >= 11 is 0. The van der Waals surface area contributed by atoms with Crippen molar-refractivity contribution in [3.63, 3.8) is 0 Å². The normalized spacial score (nSPS) is 12.1. The molecular weight excluding hydrogens is 321 g/mol. The third kappa shape index (κ3) is 5.19. The van der Waals surface area contributed by atoms with Crippen molar-refractivity contribution >= 4 is 5.84 Å². The number of methoxy groups -OCH3 is 1. The fourth-order valence-electron chi connectivity index (χ4n) is 1.92. The van der Waals surface area contributed by atoms with E-state index in [0.717, 1.165) is 0 Å². The van der Waals surface area contributed by atoms with Crippen molar-refractivity contribution in [3.8, 4) is 17.2 Å². The molecule has 0 bridgehead atoms. The summed E-state index contributed by atoms with van der Waals surface area (Å²) in [6, 6.07) is 13.8. The Morgan fingerprint density at radius 3 is 2.25 bits per heavy atom. The minimum Gasteiger partial charge on any atom is -0.493 e. The van der Waals surface area contributed by atoms with Crippen LogP contribution in [0.25, 0.3) is 0 Å². The zero-order valence-electron chi connectivity index (χ0n) is 13.0. The highest BCUT2D eigenvalue weighted by atomic mass is 19.4. The summed E-state index contributed by atoms with van der Waals surface area (Å²) in [7, 11) is 1.55. The van der Waals surface area contributed by atoms with Gasteiger partial charge in [0.15, 0.2) is 11.5 Å². The van der Waals surface area contributed by atoms with Crippen LogP contribution in [0.1, 0.15) is 12.0 Å². The van der Waals surface area contributed by atoms with Gasteiger partial charge in [-0.3, -0.25) is 4.99 Å². The Kier molecular flexibility index (Phi) is 5.68. The van der Waals surface area contributed by atoms with Gasteiger partial charge in [-0.1, -0.05) is 12.1 Å². The summed E-state index contributed by atoms with van der Waals surface area (Å²) in [4.78, 5) is 3.73. The summed E-state index contributed by atoms with van der Waals surface area (Å²) in [6.45, 7) is -0.394. The van der Waals surface area contributed by atoms with E-state index in [4.69, 9.17) is 15.2 Å². The number of aliphatic imine (C=N–C) groups is 1. The lowest BCUT2D eigenvalue weighted by Crippen LogP contribution is -2.16. The quantitative estimate of drug-likeness (QED) is 0.636. The molecule has 2 aromatic rings. The van der Waals surface area contributed by atoms with Gasteiger partial charge in [0.25, 0.3) is 0 Å². The number of para-hydroxylation sites is 2. The van der Waals surface area contributed by atoms with E-state index in [1.165, 1.54) is 0 Å². The van der Waals surface area contributed by atoms with Gasteiger partial charge in [0, 0.05) is 12.1 Å². The van der Waals surface area contributed by atoms with Crippen LogP contribution in [0.15, 0.2) is 53.5 Å². The van der Waals surface area contributed by atoms with Gasteiger partial charge in [0.1, 0.15) is 11.6 Å². The number of nitrogens with two attached hydrogens (primary N) is 1. The number of amidine groups is 1. The van der Waals surface area contributed by atoms with Crippen LogP contribution in [0.4, 0.5) is 13.2 Å². The number of hydrogen-bond acceptors (Lipinski definition) is 3. The van der Waals surface area contributed by atoms with Crippen molar-refractivity contribution in [1.29, 1.82) is 0 Å². The van der Waals surface area contributed by atoms with Crippen LogP contribution < -0.4 is 15.2 Å².